The zero-order chi connectivity index (χ0) is 23.4. The molecule has 0 radical (unpaired) electrons. The predicted molar refractivity (Wildman–Crippen MR) is 118 cm³/mol. The normalized spacial score (nSPS) is 23.5. The van der Waals surface area contributed by atoms with Gasteiger partial charge >= 0.3 is 18.0 Å². The molecule has 0 aliphatic carbocycles. The number of carbonyl (C=O) groups excluding carboxylic acids is 4. The first-order chi connectivity index (χ1) is 16.0. The molecule has 172 valence electrons. The summed E-state index contributed by atoms with van der Waals surface area (Å²) in [6, 6.07) is 15.5. The lowest BCUT2D eigenvalue weighted by Gasteiger charge is -2.24. The van der Waals surface area contributed by atoms with Crippen molar-refractivity contribution in [2.45, 2.75) is 35.9 Å². The molecule has 0 saturated carbocycles. The molecule has 0 unspecified atom stereocenters. The monoisotopic (exact) mass is 470 g/mol. The third kappa shape index (κ3) is 4.95. The number of hydrogen-bond acceptors (Lipinski definition) is 8. The van der Waals surface area contributed by atoms with Crippen molar-refractivity contribution in [2.75, 3.05) is 7.11 Å². The number of nitrogens with one attached hydrogen (secondary N) is 1. The summed E-state index contributed by atoms with van der Waals surface area (Å²) in [6.45, 7) is 0.0672. The maximum atomic E-state index is 13.0. The van der Waals surface area contributed by atoms with E-state index in [1.807, 2.05) is 30.3 Å². The molecule has 0 aromatic heterocycles. The van der Waals surface area contributed by atoms with Gasteiger partial charge in [-0.1, -0.05) is 60.3 Å². The summed E-state index contributed by atoms with van der Waals surface area (Å²) >= 11 is 1.17. The van der Waals surface area contributed by atoms with E-state index >= 15 is 0 Å². The van der Waals surface area contributed by atoms with Crippen molar-refractivity contribution in [1.29, 1.82) is 0 Å². The van der Waals surface area contributed by atoms with Crippen molar-refractivity contribution >= 4 is 35.7 Å². The number of rotatable bonds is 6. The molecule has 2 aliphatic rings. The molecule has 33 heavy (non-hydrogen) atoms. The van der Waals surface area contributed by atoms with Gasteiger partial charge in [0.05, 0.1) is 18.0 Å². The number of nitrogens with zero attached hydrogens (tertiary/aromatic N) is 1. The molecule has 9 nitrogen and oxygen atoms in total. The standard InChI is InChI=1S/C23H22N2O7S/c1-30-21(28)18-22(32-20(27)15-10-6-3-7-11-15)33-17-12-16(19(26)25(17)18)24-23(29)31-13-14-8-4-2-5-9-14/h2-11,16-18,22H,12-13H2,1H3,(H,24,29)/t16-,17-,18+,22+/m1/s1. The van der Waals surface area contributed by atoms with Crippen LogP contribution in [0.5, 0.6) is 0 Å². The molecule has 2 heterocycles. The Morgan fingerprint density at radius 3 is 2.39 bits per heavy atom. The highest BCUT2D eigenvalue weighted by Gasteiger charge is 2.57. The molecule has 0 spiro atoms. The van der Waals surface area contributed by atoms with E-state index in [9.17, 15) is 19.2 Å². The number of thioether (sulfide) groups is 1. The van der Waals surface area contributed by atoms with Gasteiger partial charge in [0.25, 0.3) is 0 Å². The summed E-state index contributed by atoms with van der Waals surface area (Å²) in [6.07, 6.45) is -0.498. The fourth-order valence-electron chi connectivity index (χ4n) is 3.75. The molecule has 10 heteroatoms. The highest BCUT2D eigenvalue weighted by Crippen LogP contribution is 2.43. The van der Waals surface area contributed by atoms with Crippen LogP contribution in [0.4, 0.5) is 4.79 Å². The van der Waals surface area contributed by atoms with Gasteiger partial charge < -0.3 is 24.4 Å². The molecule has 2 amide bonds. The first-order valence-electron chi connectivity index (χ1n) is 10.3. The number of esters is 2. The van der Waals surface area contributed by atoms with Crippen molar-refractivity contribution in [3.8, 4) is 0 Å². The number of ether oxygens (including phenoxy) is 3. The molecule has 2 fully saturated rings. The molecule has 1 N–H and O–H groups in total. The Balaban J connectivity index is 1.39. The largest absolute Gasteiger partial charge is 0.467 e. The maximum Gasteiger partial charge on any atom is 0.408 e. The van der Waals surface area contributed by atoms with Crippen LogP contribution in [0.3, 0.4) is 0 Å². The first kappa shape index (κ1) is 22.7. The molecule has 2 saturated heterocycles. The molecular formula is C23H22N2O7S. The average Bonchev–Trinajstić information content (AvgIpc) is 3.33. The number of alkyl carbamates (subject to hydrolysis) is 1. The lowest BCUT2D eigenvalue weighted by molar-refractivity contribution is -0.153. The Morgan fingerprint density at radius 2 is 1.73 bits per heavy atom. The zero-order valence-corrected chi connectivity index (χ0v) is 18.5. The Hall–Kier alpha value is -3.53. The van der Waals surface area contributed by atoms with Crippen LogP contribution in [0.2, 0.25) is 0 Å². The van der Waals surface area contributed by atoms with Gasteiger partial charge in [-0.25, -0.2) is 14.4 Å². The summed E-state index contributed by atoms with van der Waals surface area (Å²) in [5, 5.41) is 2.10. The van der Waals surface area contributed by atoms with Crippen molar-refractivity contribution in [3.05, 3.63) is 71.8 Å². The Kier molecular flexibility index (Phi) is 6.83. The van der Waals surface area contributed by atoms with Crippen LogP contribution in [-0.2, 0) is 30.4 Å². The summed E-state index contributed by atoms with van der Waals surface area (Å²) in [7, 11) is 1.20. The van der Waals surface area contributed by atoms with E-state index in [0.29, 0.717) is 5.56 Å². The minimum absolute atomic E-state index is 0.0672. The number of benzene rings is 2. The van der Waals surface area contributed by atoms with E-state index in [4.69, 9.17) is 14.2 Å². The quantitative estimate of drug-likeness (QED) is 0.506. The number of amides is 2. The van der Waals surface area contributed by atoms with E-state index in [2.05, 4.69) is 5.32 Å². The smallest absolute Gasteiger partial charge is 0.408 e. The van der Waals surface area contributed by atoms with Gasteiger partial charge in [0.2, 0.25) is 5.91 Å². The van der Waals surface area contributed by atoms with Crippen LogP contribution in [0, 0.1) is 0 Å². The van der Waals surface area contributed by atoms with Gasteiger partial charge in [-0.15, -0.1) is 0 Å². The van der Waals surface area contributed by atoms with Gasteiger partial charge in [-0.05, 0) is 17.7 Å². The molecule has 2 aromatic rings. The minimum atomic E-state index is -1.11. The number of fused-ring (bicyclic) bond motifs is 1. The second-order valence-corrected chi connectivity index (χ2v) is 8.72. The molecule has 0 bridgehead atoms. The van der Waals surface area contributed by atoms with Crippen LogP contribution in [-0.4, -0.2) is 58.8 Å². The third-order valence-corrected chi connectivity index (χ3v) is 6.69. The highest BCUT2D eigenvalue weighted by molar-refractivity contribution is 8.00. The second kappa shape index (κ2) is 9.95. The van der Waals surface area contributed by atoms with Gasteiger partial charge in [0, 0.05) is 6.42 Å². The molecule has 2 aromatic carbocycles. The maximum absolute atomic E-state index is 13.0. The van der Waals surface area contributed by atoms with Gasteiger partial charge in [0.1, 0.15) is 12.6 Å². The Morgan fingerprint density at radius 1 is 1.06 bits per heavy atom. The van der Waals surface area contributed by atoms with Crippen molar-refractivity contribution in [2.24, 2.45) is 0 Å². The number of carbonyl (C=O) groups is 4. The zero-order valence-electron chi connectivity index (χ0n) is 17.7. The summed E-state index contributed by atoms with van der Waals surface area (Å²) in [4.78, 5) is 51.5. The Labute approximate surface area is 194 Å². The SMILES string of the molecule is COC(=O)[C@H]1[C@@H](OC(=O)c2ccccc2)S[C@@H]2C[C@@H](NC(=O)OCc3ccccc3)C(=O)N21. The highest BCUT2D eigenvalue weighted by atomic mass is 32.2. The topological polar surface area (TPSA) is 111 Å². The average molecular weight is 471 g/mol. The van der Waals surface area contributed by atoms with E-state index < -0.39 is 46.8 Å². The van der Waals surface area contributed by atoms with E-state index in [1.54, 1.807) is 30.3 Å². The van der Waals surface area contributed by atoms with E-state index in [-0.39, 0.29) is 13.0 Å². The van der Waals surface area contributed by atoms with Crippen molar-refractivity contribution in [1.82, 2.24) is 10.2 Å². The Bertz CT molecular complexity index is 1030. The fourth-order valence-corrected chi connectivity index (χ4v) is 5.26. The number of hydrogen-bond donors (Lipinski definition) is 1. The van der Waals surface area contributed by atoms with Gasteiger partial charge in [0.15, 0.2) is 11.5 Å². The molecule has 4 atom stereocenters. The van der Waals surface area contributed by atoms with Gasteiger partial charge in [-0.2, -0.15) is 0 Å². The van der Waals surface area contributed by atoms with Crippen LogP contribution >= 0.6 is 11.8 Å². The minimum Gasteiger partial charge on any atom is -0.467 e. The summed E-state index contributed by atoms with van der Waals surface area (Å²) < 4.78 is 15.6. The molecular weight excluding hydrogens is 448 g/mol. The molecule has 2 aliphatic heterocycles. The first-order valence-corrected chi connectivity index (χ1v) is 11.2. The van der Waals surface area contributed by atoms with E-state index in [0.717, 1.165) is 5.56 Å². The lowest BCUT2D eigenvalue weighted by atomic mass is 10.2. The third-order valence-electron chi connectivity index (χ3n) is 5.33. The van der Waals surface area contributed by atoms with Crippen molar-refractivity contribution in [3.63, 3.8) is 0 Å². The molecule has 4 rings (SSSR count). The van der Waals surface area contributed by atoms with Crippen LogP contribution in [0.1, 0.15) is 22.3 Å². The van der Waals surface area contributed by atoms with Gasteiger partial charge in [-0.3, -0.25) is 4.79 Å². The summed E-state index contributed by atoms with van der Waals surface area (Å²) in [5.74, 6) is -1.76. The predicted octanol–water partition coefficient (Wildman–Crippen LogP) is 2.31. The summed E-state index contributed by atoms with van der Waals surface area (Å²) in [5.41, 5.74) is 0.223. The number of methoxy groups -OCH3 is 1. The fraction of sp³-hybridized carbons (Fsp3) is 0.304. The van der Waals surface area contributed by atoms with Crippen LogP contribution in [0.15, 0.2) is 60.7 Å². The van der Waals surface area contributed by atoms with Crippen LogP contribution < -0.4 is 5.32 Å². The van der Waals surface area contributed by atoms with Crippen LogP contribution in [0.25, 0.3) is 0 Å². The van der Waals surface area contributed by atoms with Crippen molar-refractivity contribution < 1.29 is 33.4 Å². The van der Waals surface area contributed by atoms with E-state index in [1.165, 1.54) is 23.8 Å². The lowest BCUT2D eigenvalue weighted by Crippen LogP contribution is -2.50. The second-order valence-electron chi connectivity index (χ2n) is 7.44.